The molecule has 0 amide bonds. The highest BCUT2D eigenvalue weighted by Crippen LogP contribution is 2.45. The average molecular weight is 1330 g/mol. The molecule has 0 saturated carbocycles. The number of aliphatic hydroxyl groups is 1. The molecule has 2 unspecified atom stereocenters. The highest BCUT2D eigenvalue weighted by molar-refractivity contribution is 7.47. The van der Waals surface area contributed by atoms with E-state index in [1.165, 1.54) is 180 Å². The molecule has 19 heteroatoms. The summed E-state index contributed by atoms with van der Waals surface area (Å²) >= 11 is 0. The Morgan fingerprint density at radius 1 is 0.300 bits per heavy atom. The van der Waals surface area contributed by atoms with Gasteiger partial charge in [-0.05, 0) is 37.5 Å². The van der Waals surface area contributed by atoms with Crippen molar-refractivity contribution < 1.29 is 80.2 Å². The largest absolute Gasteiger partial charge is 0.472 e. The molecular formula is C71H138O17P2. The van der Waals surface area contributed by atoms with Crippen LogP contribution in [0.4, 0.5) is 0 Å². The van der Waals surface area contributed by atoms with E-state index in [0.29, 0.717) is 25.7 Å². The van der Waals surface area contributed by atoms with Crippen molar-refractivity contribution in [2.24, 2.45) is 11.8 Å². The Bertz CT molecular complexity index is 1750. The lowest BCUT2D eigenvalue weighted by molar-refractivity contribution is -0.161. The molecule has 17 nitrogen and oxygen atoms in total. The Kier molecular flexibility index (Phi) is 61.8. The fourth-order valence-corrected chi connectivity index (χ4v) is 12.3. The van der Waals surface area contributed by atoms with Gasteiger partial charge < -0.3 is 33.8 Å². The van der Waals surface area contributed by atoms with Crippen molar-refractivity contribution in [2.45, 2.75) is 381 Å². The maximum absolute atomic E-state index is 13.0. The van der Waals surface area contributed by atoms with Gasteiger partial charge >= 0.3 is 39.5 Å². The lowest BCUT2D eigenvalue weighted by Crippen LogP contribution is -2.30. The molecular weight excluding hydrogens is 1190 g/mol. The number of esters is 4. The van der Waals surface area contributed by atoms with Crippen LogP contribution in [0.1, 0.15) is 363 Å². The van der Waals surface area contributed by atoms with Gasteiger partial charge in [0.25, 0.3) is 0 Å². The van der Waals surface area contributed by atoms with E-state index in [2.05, 4.69) is 41.5 Å². The smallest absolute Gasteiger partial charge is 0.462 e. The molecule has 0 bridgehead atoms. The Balaban J connectivity index is 5.25. The number of phosphoric ester groups is 2. The van der Waals surface area contributed by atoms with E-state index in [-0.39, 0.29) is 25.7 Å². The van der Waals surface area contributed by atoms with Gasteiger partial charge in [0, 0.05) is 25.7 Å². The van der Waals surface area contributed by atoms with Crippen molar-refractivity contribution in [3.05, 3.63) is 0 Å². The van der Waals surface area contributed by atoms with Crippen LogP contribution < -0.4 is 0 Å². The first-order valence-corrected chi connectivity index (χ1v) is 40.0. The van der Waals surface area contributed by atoms with E-state index in [1.807, 2.05) is 0 Å². The summed E-state index contributed by atoms with van der Waals surface area (Å²) in [5.74, 6) is -0.574. The van der Waals surface area contributed by atoms with Gasteiger partial charge in [-0.2, -0.15) is 0 Å². The molecule has 0 rings (SSSR count). The van der Waals surface area contributed by atoms with Crippen molar-refractivity contribution in [3.63, 3.8) is 0 Å². The standard InChI is InChI=1S/C71H138O17P2/c1-7-9-11-13-15-17-22-31-37-43-49-55-70(75)87-66(59-81-68(73)53-47-41-35-29-18-16-14-12-10-8-2)61-85-89(77,78)83-57-65(72)58-84-90(79,80)86-62-67(60-82-69(74)54-48-42-36-30-26-21-24-28-34-40-46-52-64(5)6)88-71(76)56-50-44-38-32-25-20-19-23-27-33-39-45-51-63(3)4/h63-67,72H,7-62H2,1-6H3,(H,77,78)(H,79,80)/t65-,66+,67+/m0/s1. The molecule has 0 saturated heterocycles. The second kappa shape index (κ2) is 63.1. The molecule has 0 aromatic rings. The van der Waals surface area contributed by atoms with Crippen molar-refractivity contribution in [2.75, 3.05) is 39.6 Å². The summed E-state index contributed by atoms with van der Waals surface area (Å²) in [4.78, 5) is 72.6. The molecule has 534 valence electrons. The molecule has 0 fully saturated rings. The first kappa shape index (κ1) is 88.1. The summed E-state index contributed by atoms with van der Waals surface area (Å²) in [6, 6.07) is 0. The zero-order valence-electron chi connectivity index (χ0n) is 58.4. The maximum atomic E-state index is 13.0. The second-order valence-corrected chi connectivity index (χ2v) is 29.5. The van der Waals surface area contributed by atoms with Crippen LogP contribution in [0.15, 0.2) is 0 Å². The average Bonchev–Trinajstić information content (AvgIpc) is 2.49. The Morgan fingerprint density at radius 3 is 0.756 bits per heavy atom. The normalized spacial score (nSPS) is 14.1. The lowest BCUT2D eigenvalue weighted by atomic mass is 10.0. The molecule has 3 N–H and O–H groups in total. The topological polar surface area (TPSA) is 237 Å². The fourth-order valence-electron chi connectivity index (χ4n) is 10.8. The van der Waals surface area contributed by atoms with Crippen LogP contribution in [0.5, 0.6) is 0 Å². The van der Waals surface area contributed by atoms with Gasteiger partial charge in [0.1, 0.15) is 19.3 Å². The maximum Gasteiger partial charge on any atom is 0.472 e. The number of carbonyl (C=O) groups excluding carboxylic acids is 4. The Morgan fingerprint density at radius 2 is 0.511 bits per heavy atom. The van der Waals surface area contributed by atoms with Crippen molar-refractivity contribution in [1.82, 2.24) is 0 Å². The highest BCUT2D eigenvalue weighted by atomic mass is 31.2. The van der Waals surface area contributed by atoms with Crippen LogP contribution in [0, 0.1) is 11.8 Å². The fraction of sp³-hybridized carbons (Fsp3) is 0.944. The van der Waals surface area contributed by atoms with Crippen molar-refractivity contribution in [3.8, 4) is 0 Å². The molecule has 0 aromatic heterocycles. The van der Waals surface area contributed by atoms with E-state index < -0.39 is 97.5 Å². The van der Waals surface area contributed by atoms with Gasteiger partial charge in [-0.25, -0.2) is 9.13 Å². The first-order valence-electron chi connectivity index (χ1n) is 37.0. The SMILES string of the molecule is CCCCCCCCCCCCCC(=O)O[C@H](COC(=O)CCCCCCCCCCCC)COP(=O)(O)OC[C@H](O)COP(=O)(O)OC[C@@H](COC(=O)CCCCCCCCCCCCCC(C)C)OC(=O)CCCCCCCCCCCCCCC(C)C. The third-order valence-electron chi connectivity index (χ3n) is 16.5. The van der Waals surface area contributed by atoms with E-state index in [0.717, 1.165) is 102 Å². The van der Waals surface area contributed by atoms with Gasteiger partial charge in [0.05, 0.1) is 26.4 Å². The van der Waals surface area contributed by atoms with Crippen molar-refractivity contribution in [1.29, 1.82) is 0 Å². The van der Waals surface area contributed by atoms with Gasteiger partial charge in [-0.3, -0.25) is 37.3 Å². The van der Waals surface area contributed by atoms with Gasteiger partial charge in [0.15, 0.2) is 12.2 Å². The van der Waals surface area contributed by atoms with E-state index in [4.69, 9.17) is 37.0 Å². The summed E-state index contributed by atoms with van der Waals surface area (Å²) in [6.45, 7) is 9.56. The third kappa shape index (κ3) is 64.8. The quantitative estimate of drug-likeness (QED) is 0.0222. The summed E-state index contributed by atoms with van der Waals surface area (Å²) in [5, 5.41) is 10.6. The Hall–Kier alpha value is -1.94. The minimum absolute atomic E-state index is 0.107. The van der Waals surface area contributed by atoms with E-state index in [1.54, 1.807) is 0 Å². The number of carbonyl (C=O) groups is 4. The minimum atomic E-state index is -4.95. The van der Waals surface area contributed by atoms with E-state index >= 15 is 0 Å². The number of ether oxygens (including phenoxy) is 4. The highest BCUT2D eigenvalue weighted by Gasteiger charge is 2.30. The van der Waals surface area contributed by atoms with Gasteiger partial charge in [-0.1, -0.05) is 311 Å². The third-order valence-corrected chi connectivity index (χ3v) is 18.4. The number of aliphatic hydroxyl groups excluding tert-OH is 1. The molecule has 0 aliphatic heterocycles. The molecule has 0 aromatic carbocycles. The van der Waals surface area contributed by atoms with Crippen LogP contribution in [0.25, 0.3) is 0 Å². The summed E-state index contributed by atoms with van der Waals surface area (Å²) in [5.41, 5.74) is 0. The van der Waals surface area contributed by atoms with Crippen LogP contribution in [0.2, 0.25) is 0 Å². The zero-order valence-corrected chi connectivity index (χ0v) is 60.2. The number of phosphoric acid groups is 2. The van der Waals surface area contributed by atoms with Gasteiger partial charge in [-0.15, -0.1) is 0 Å². The summed E-state index contributed by atoms with van der Waals surface area (Å²) in [6.07, 6.45) is 48.4. The zero-order chi connectivity index (χ0) is 66.5. The lowest BCUT2D eigenvalue weighted by Gasteiger charge is -2.21. The van der Waals surface area contributed by atoms with Crippen LogP contribution in [-0.4, -0.2) is 96.7 Å². The summed E-state index contributed by atoms with van der Waals surface area (Å²) < 4.78 is 68.3. The van der Waals surface area contributed by atoms with Crippen molar-refractivity contribution >= 4 is 39.5 Å². The van der Waals surface area contributed by atoms with E-state index in [9.17, 15) is 43.2 Å². The molecule has 0 aliphatic rings. The number of unbranched alkanes of at least 4 members (excludes halogenated alkanes) is 40. The molecule has 0 aliphatic carbocycles. The van der Waals surface area contributed by atoms with Crippen LogP contribution in [-0.2, 0) is 65.4 Å². The second-order valence-electron chi connectivity index (χ2n) is 26.6. The molecule has 0 spiro atoms. The predicted octanol–water partition coefficient (Wildman–Crippen LogP) is 20.4. The van der Waals surface area contributed by atoms with Crippen LogP contribution in [0.3, 0.4) is 0 Å². The molecule has 0 radical (unpaired) electrons. The van der Waals surface area contributed by atoms with Crippen LogP contribution >= 0.6 is 15.6 Å². The first-order chi connectivity index (χ1) is 43.4. The Labute approximate surface area is 549 Å². The summed E-state index contributed by atoms with van der Waals surface area (Å²) in [7, 11) is -9.90. The minimum Gasteiger partial charge on any atom is -0.462 e. The molecule has 5 atom stereocenters. The van der Waals surface area contributed by atoms with Gasteiger partial charge in [0.2, 0.25) is 0 Å². The predicted molar refractivity (Wildman–Crippen MR) is 363 cm³/mol. The monoisotopic (exact) mass is 1320 g/mol. The number of hydrogen-bond donors (Lipinski definition) is 3. The molecule has 90 heavy (non-hydrogen) atoms. The number of hydrogen-bond acceptors (Lipinski definition) is 15. The molecule has 0 heterocycles. The number of rotatable bonds is 70.